The molecule has 6 nitrogen and oxygen atoms in total. The minimum Gasteiger partial charge on any atom is -0.490 e. The summed E-state index contributed by atoms with van der Waals surface area (Å²) in [5, 5.41) is 2.92. The van der Waals surface area contributed by atoms with Crippen LogP contribution in [-0.2, 0) is 0 Å². The van der Waals surface area contributed by atoms with Crippen LogP contribution in [0.5, 0.6) is 5.75 Å². The number of hydrogen-bond donors (Lipinski definition) is 1. The predicted molar refractivity (Wildman–Crippen MR) is 95.1 cm³/mol. The van der Waals surface area contributed by atoms with Crippen molar-refractivity contribution >= 4 is 17.3 Å². The van der Waals surface area contributed by atoms with E-state index in [9.17, 15) is 4.79 Å². The highest BCUT2D eigenvalue weighted by Gasteiger charge is 2.17. The van der Waals surface area contributed by atoms with Gasteiger partial charge >= 0.3 is 0 Å². The molecule has 4 rings (SSSR count). The van der Waals surface area contributed by atoms with Crippen molar-refractivity contribution in [1.82, 2.24) is 4.98 Å². The van der Waals surface area contributed by atoms with Gasteiger partial charge in [0.2, 0.25) is 0 Å². The first-order valence-electron chi connectivity index (χ1n) is 7.99. The van der Waals surface area contributed by atoms with Gasteiger partial charge in [-0.2, -0.15) is 0 Å². The quantitative estimate of drug-likeness (QED) is 0.794. The monoisotopic (exact) mass is 335 g/mol. The Morgan fingerprint density at radius 3 is 3.00 bits per heavy atom. The van der Waals surface area contributed by atoms with E-state index < -0.39 is 0 Å². The van der Waals surface area contributed by atoms with Crippen molar-refractivity contribution in [3.63, 3.8) is 0 Å². The van der Waals surface area contributed by atoms with E-state index in [1.165, 1.54) is 6.39 Å². The number of amides is 1. The number of benzene rings is 2. The van der Waals surface area contributed by atoms with Gasteiger partial charge in [0.25, 0.3) is 5.91 Å². The van der Waals surface area contributed by atoms with Crippen molar-refractivity contribution in [2.75, 3.05) is 30.4 Å². The lowest BCUT2D eigenvalue weighted by molar-refractivity contribution is 0.102. The second-order valence-electron chi connectivity index (χ2n) is 5.85. The van der Waals surface area contributed by atoms with Crippen LogP contribution < -0.4 is 15.0 Å². The highest BCUT2D eigenvalue weighted by molar-refractivity contribution is 6.05. The van der Waals surface area contributed by atoms with E-state index in [1.54, 1.807) is 12.3 Å². The topological polar surface area (TPSA) is 67.6 Å². The van der Waals surface area contributed by atoms with Crippen LogP contribution in [0.25, 0.3) is 11.3 Å². The summed E-state index contributed by atoms with van der Waals surface area (Å²) in [7, 11) is 1.99. The summed E-state index contributed by atoms with van der Waals surface area (Å²) in [5.74, 6) is 1.29. The van der Waals surface area contributed by atoms with Crippen LogP contribution in [0.1, 0.15) is 10.4 Å². The number of nitrogens with zero attached hydrogens (tertiary/aromatic N) is 2. The van der Waals surface area contributed by atoms with Crippen molar-refractivity contribution < 1.29 is 13.9 Å². The molecular weight excluding hydrogens is 318 g/mol. The SMILES string of the molecule is CN1CCOc2ccc(C(=O)Nc3cccc(-c4cnco4)c3)cc21. The van der Waals surface area contributed by atoms with Crippen LogP contribution in [0.2, 0.25) is 0 Å². The highest BCUT2D eigenvalue weighted by atomic mass is 16.5. The molecular formula is C19H17N3O3. The number of carbonyl (C=O) groups excluding carboxylic acids is 1. The van der Waals surface area contributed by atoms with E-state index in [-0.39, 0.29) is 5.91 Å². The molecule has 126 valence electrons. The van der Waals surface area contributed by atoms with Crippen LogP contribution in [-0.4, -0.2) is 31.1 Å². The Bertz CT molecular complexity index is 906. The number of hydrogen-bond acceptors (Lipinski definition) is 5. The fourth-order valence-electron chi connectivity index (χ4n) is 2.80. The Balaban J connectivity index is 1.56. The van der Waals surface area contributed by atoms with Crippen molar-refractivity contribution in [1.29, 1.82) is 0 Å². The molecule has 0 atom stereocenters. The molecule has 0 saturated heterocycles. The largest absolute Gasteiger partial charge is 0.490 e. The van der Waals surface area contributed by atoms with Gasteiger partial charge < -0.3 is 19.4 Å². The van der Waals surface area contributed by atoms with Crippen LogP contribution in [0.15, 0.2) is 59.5 Å². The number of rotatable bonds is 3. The summed E-state index contributed by atoms with van der Waals surface area (Å²) in [4.78, 5) is 18.6. The summed E-state index contributed by atoms with van der Waals surface area (Å²) in [6, 6.07) is 12.9. The molecule has 3 aromatic rings. The molecule has 2 aromatic carbocycles. The number of anilines is 2. The average molecular weight is 335 g/mol. The van der Waals surface area contributed by atoms with Crippen molar-refractivity contribution in [2.45, 2.75) is 0 Å². The highest BCUT2D eigenvalue weighted by Crippen LogP contribution is 2.31. The number of oxazole rings is 1. The Morgan fingerprint density at radius 1 is 1.24 bits per heavy atom. The van der Waals surface area contributed by atoms with Gasteiger partial charge in [-0.15, -0.1) is 0 Å². The van der Waals surface area contributed by atoms with Gasteiger partial charge in [-0.05, 0) is 30.3 Å². The van der Waals surface area contributed by atoms with Gasteiger partial charge in [0.1, 0.15) is 12.4 Å². The number of likely N-dealkylation sites (N-methyl/N-ethyl adjacent to an activating group) is 1. The van der Waals surface area contributed by atoms with Crippen LogP contribution in [0, 0.1) is 0 Å². The van der Waals surface area contributed by atoms with E-state index in [1.807, 2.05) is 43.4 Å². The summed E-state index contributed by atoms with van der Waals surface area (Å²) in [6.45, 7) is 1.46. The maximum atomic E-state index is 12.6. The minimum absolute atomic E-state index is 0.170. The van der Waals surface area contributed by atoms with Crippen LogP contribution >= 0.6 is 0 Å². The Kier molecular flexibility index (Phi) is 3.85. The zero-order chi connectivity index (χ0) is 17.2. The lowest BCUT2D eigenvalue weighted by atomic mass is 10.1. The van der Waals surface area contributed by atoms with Gasteiger partial charge in [-0.25, -0.2) is 4.98 Å². The van der Waals surface area contributed by atoms with E-state index >= 15 is 0 Å². The van der Waals surface area contributed by atoms with Crippen molar-refractivity contribution in [2.24, 2.45) is 0 Å². The number of carbonyl (C=O) groups is 1. The summed E-state index contributed by atoms with van der Waals surface area (Å²) in [6.07, 6.45) is 3.02. The van der Waals surface area contributed by atoms with Gasteiger partial charge in [-0.1, -0.05) is 12.1 Å². The predicted octanol–water partition coefficient (Wildman–Crippen LogP) is 3.42. The third kappa shape index (κ3) is 3.06. The maximum absolute atomic E-state index is 12.6. The fourth-order valence-corrected chi connectivity index (χ4v) is 2.80. The standard InChI is InChI=1S/C19H17N3O3/c1-22-7-8-24-17-6-5-14(10-16(17)22)19(23)21-15-4-2-3-13(9-15)18-11-20-12-25-18/h2-6,9-12H,7-8H2,1H3,(H,21,23). The summed E-state index contributed by atoms with van der Waals surface area (Å²) >= 11 is 0. The lowest BCUT2D eigenvalue weighted by Gasteiger charge is -2.27. The second kappa shape index (κ2) is 6.32. The molecule has 1 amide bonds. The molecule has 0 saturated carbocycles. The first-order valence-corrected chi connectivity index (χ1v) is 7.99. The normalized spacial score (nSPS) is 13.1. The summed E-state index contributed by atoms with van der Waals surface area (Å²) in [5.41, 5.74) is 3.06. The van der Waals surface area contributed by atoms with Crippen molar-refractivity contribution in [3.8, 4) is 17.1 Å². The number of aromatic nitrogens is 1. The Morgan fingerprint density at radius 2 is 2.16 bits per heavy atom. The maximum Gasteiger partial charge on any atom is 0.255 e. The molecule has 1 aliphatic rings. The van der Waals surface area contributed by atoms with Crippen LogP contribution in [0.3, 0.4) is 0 Å². The molecule has 0 bridgehead atoms. The molecule has 0 radical (unpaired) electrons. The van der Waals surface area contributed by atoms with Crippen molar-refractivity contribution in [3.05, 3.63) is 60.6 Å². The molecule has 25 heavy (non-hydrogen) atoms. The Labute approximate surface area is 145 Å². The zero-order valence-corrected chi connectivity index (χ0v) is 13.7. The molecule has 0 spiro atoms. The molecule has 2 heterocycles. The third-order valence-corrected chi connectivity index (χ3v) is 4.15. The first-order chi connectivity index (χ1) is 12.2. The number of fused-ring (bicyclic) bond motifs is 1. The zero-order valence-electron chi connectivity index (χ0n) is 13.7. The fraction of sp³-hybridized carbons (Fsp3) is 0.158. The minimum atomic E-state index is -0.170. The average Bonchev–Trinajstić information content (AvgIpc) is 3.17. The third-order valence-electron chi connectivity index (χ3n) is 4.15. The molecule has 0 fully saturated rings. The van der Waals surface area contributed by atoms with Gasteiger partial charge in [0.15, 0.2) is 12.2 Å². The number of nitrogens with one attached hydrogen (secondary N) is 1. The second-order valence-corrected chi connectivity index (χ2v) is 5.85. The van der Waals surface area contributed by atoms with Gasteiger partial charge in [-0.3, -0.25) is 4.79 Å². The van der Waals surface area contributed by atoms with E-state index in [4.69, 9.17) is 9.15 Å². The molecule has 0 unspecified atom stereocenters. The number of ether oxygens (including phenoxy) is 1. The molecule has 6 heteroatoms. The Hall–Kier alpha value is -3.28. The van der Waals surface area contributed by atoms with Crippen LogP contribution in [0.4, 0.5) is 11.4 Å². The van der Waals surface area contributed by atoms with E-state index in [0.717, 1.165) is 23.5 Å². The molecule has 1 N–H and O–H groups in total. The molecule has 1 aromatic heterocycles. The lowest BCUT2D eigenvalue weighted by Crippen LogP contribution is -2.29. The van der Waals surface area contributed by atoms with E-state index in [0.29, 0.717) is 23.6 Å². The van der Waals surface area contributed by atoms with Gasteiger partial charge in [0.05, 0.1) is 18.4 Å². The first kappa shape index (κ1) is 15.3. The molecule has 1 aliphatic heterocycles. The molecule has 0 aliphatic carbocycles. The summed E-state index contributed by atoms with van der Waals surface area (Å²) < 4.78 is 10.9. The smallest absolute Gasteiger partial charge is 0.255 e. The van der Waals surface area contributed by atoms with Gasteiger partial charge in [0, 0.05) is 23.9 Å². The van der Waals surface area contributed by atoms with E-state index in [2.05, 4.69) is 15.2 Å².